The fourth-order valence-corrected chi connectivity index (χ4v) is 9.99. The van der Waals surface area contributed by atoms with Crippen molar-refractivity contribution in [1.29, 1.82) is 0 Å². The predicted octanol–water partition coefficient (Wildman–Crippen LogP) is 14.3. The summed E-state index contributed by atoms with van der Waals surface area (Å²) >= 11 is 0. The first-order chi connectivity index (χ1) is 29.3. The van der Waals surface area contributed by atoms with Crippen LogP contribution in [0.1, 0.15) is 22.3 Å². The molecular weight excluding hydrogens is 713 g/mol. The lowest BCUT2D eigenvalue weighted by Gasteiger charge is -2.31. The maximum absolute atomic E-state index is 5.62. The SMILES string of the molecule is c1ccc(-c2cc(-c3ccccc3)cc(-c3cc(-c4ccccc4)nc(-c4cc5ccccc5c5c4-c4ccccc4C54c5ccccc5-c5ccccc54)n3)c2)cc1. The van der Waals surface area contributed by atoms with E-state index in [9.17, 15) is 0 Å². The Bertz CT molecular complexity index is 3150. The lowest BCUT2D eigenvalue weighted by Crippen LogP contribution is -2.26. The van der Waals surface area contributed by atoms with Crippen LogP contribution in [-0.2, 0) is 5.41 Å². The number of nitrogens with zero attached hydrogens (tertiary/aromatic N) is 2. The number of hydrogen-bond donors (Lipinski definition) is 0. The first-order valence-electron chi connectivity index (χ1n) is 20.3. The van der Waals surface area contributed by atoms with Crippen molar-refractivity contribution in [3.8, 4) is 78.4 Å². The average molecular weight is 749 g/mol. The molecule has 0 saturated carbocycles. The second-order valence-corrected chi connectivity index (χ2v) is 15.6. The summed E-state index contributed by atoms with van der Waals surface area (Å²) in [6.07, 6.45) is 0. The lowest BCUT2D eigenvalue weighted by atomic mass is 9.69. The molecule has 1 aromatic heterocycles. The summed E-state index contributed by atoms with van der Waals surface area (Å²) in [5.41, 5.74) is 19.2. The molecule has 0 aliphatic heterocycles. The first kappa shape index (κ1) is 33.5. The molecule has 0 saturated heterocycles. The summed E-state index contributed by atoms with van der Waals surface area (Å²) < 4.78 is 0. The average Bonchev–Trinajstić information content (AvgIpc) is 3.80. The second-order valence-electron chi connectivity index (χ2n) is 15.6. The topological polar surface area (TPSA) is 25.8 Å². The molecular formula is C57H36N2. The summed E-state index contributed by atoms with van der Waals surface area (Å²) in [5.74, 6) is 0.709. The van der Waals surface area contributed by atoms with Crippen molar-refractivity contribution >= 4 is 10.8 Å². The zero-order chi connectivity index (χ0) is 38.9. The highest BCUT2D eigenvalue weighted by molar-refractivity contribution is 6.08. The van der Waals surface area contributed by atoms with E-state index in [1.807, 2.05) is 0 Å². The molecule has 2 aliphatic rings. The van der Waals surface area contributed by atoms with Crippen LogP contribution >= 0.6 is 0 Å². The Morgan fingerprint density at radius 3 is 1.34 bits per heavy atom. The van der Waals surface area contributed by atoms with Gasteiger partial charge in [0.2, 0.25) is 0 Å². The van der Waals surface area contributed by atoms with Crippen LogP contribution in [0.2, 0.25) is 0 Å². The second kappa shape index (κ2) is 13.2. The highest BCUT2D eigenvalue weighted by Gasteiger charge is 2.53. The molecule has 2 nitrogen and oxygen atoms in total. The van der Waals surface area contributed by atoms with Crippen molar-refractivity contribution in [2.45, 2.75) is 5.41 Å². The third-order valence-electron chi connectivity index (χ3n) is 12.5. The van der Waals surface area contributed by atoms with Gasteiger partial charge in [0.05, 0.1) is 16.8 Å². The Labute approximate surface area is 343 Å². The molecule has 2 aliphatic carbocycles. The van der Waals surface area contributed by atoms with E-state index in [2.05, 4.69) is 218 Å². The number of fused-ring (bicyclic) bond motifs is 12. The van der Waals surface area contributed by atoms with E-state index in [-0.39, 0.29) is 0 Å². The highest BCUT2D eigenvalue weighted by Crippen LogP contribution is 2.65. The first-order valence-corrected chi connectivity index (χ1v) is 20.3. The third-order valence-corrected chi connectivity index (χ3v) is 12.5. The van der Waals surface area contributed by atoms with E-state index >= 15 is 0 Å². The third kappa shape index (κ3) is 5.06. The summed E-state index contributed by atoms with van der Waals surface area (Å²) in [7, 11) is 0. The monoisotopic (exact) mass is 748 g/mol. The molecule has 12 rings (SSSR count). The van der Waals surface area contributed by atoms with E-state index in [4.69, 9.17) is 9.97 Å². The molecule has 1 heterocycles. The largest absolute Gasteiger partial charge is 0.228 e. The maximum atomic E-state index is 5.62. The molecule has 0 amide bonds. The van der Waals surface area contributed by atoms with Crippen LogP contribution in [0.5, 0.6) is 0 Å². The molecule has 0 N–H and O–H groups in total. The summed E-state index contributed by atoms with van der Waals surface area (Å²) in [5, 5.41) is 2.42. The molecule has 0 fully saturated rings. The van der Waals surface area contributed by atoms with Crippen LogP contribution in [0.3, 0.4) is 0 Å². The molecule has 0 radical (unpaired) electrons. The Balaban J connectivity index is 1.18. The minimum atomic E-state index is -0.511. The van der Waals surface area contributed by atoms with Gasteiger partial charge in [0, 0.05) is 16.7 Å². The van der Waals surface area contributed by atoms with Crippen LogP contribution in [0.25, 0.3) is 89.2 Å². The fourth-order valence-electron chi connectivity index (χ4n) is 9.99. The van der Waals surface area contributed by atoms with Crippen LogP contribution in [0.15, 0.2) is 218 Å². The van der Waals surface area contributed by atoms with E-state index in [1.165, 1.54) is 55.3 Å². The van der Waals surface area contributed by atoms with Gasteiger partial charge in [-0.25, -0.2) is 9.97 Å². The Hall–Kier alpha value is -7.68. The van der Waals surface area contributed by atoms with Gasteiger partial charge in [-0.3, -0.25) is 0 Å². The van der Waals surface area contributed by atoms with Crippen molar-refractivity contribution in [3.05, 3.63) is 241 Å². The molecule has 59 heavy (non-hydrogen) atoms. The summed E-state index contributed by atoms with van der Waals surface area (Å²) in [6.45, 7) is 0. The van der Waals surface area contributed by atoms with Crippen molar-refractivity contribution < 1.29 is 0 Å². The van der Waals surface area contributed by atoms with Gasteiger partial charge in [0.25, 0.3) is 0 Å². The van der Waals surface area contributed by atoms with Crippen LogP contribution in [-0.4, -0.2) is 9.97 Å². The number of benzene rings is 9. The molecule has 1 spiro atoms. The quantitative estimate of drug-likeness (QED) is 0.175. The molecule has 9 aromatic carbocycles. The zero-order valence-electron chi connectivity index (χ0n) is 32.2. The van der Waals surface area contributed by atoms with Crippen LogP contribution in [0, 0.1) is 0 Å². The minimum Gasteiger partial charge on any atom is -0.228 e. The maximum Gasteiger partial charge on any atom is 0.161 e. The van der Waals surface area contributed by atoms with Gasteiger partial charge in [0.15, 0.2) is 5.82 Å². The van der Waals surface area contributed by atoms with Crippen molar-refractivity contribution in [1.82, 2.24) is 9.97 Å². The summed E-state index contributed by atoms with van der Waals surface area (Å²) in [6, 6.07) is 79.1. The zero-order valence-corrected chi connectivity index (χ0v) is 32.2. The van der Waals surface area contributed by atoms with Crippen LogP contribution < -0.4 is 0 Å². The van der Waals surface area contributed by atoms with Crippen molar-refractivity contribution in [2.75, 3.05) is 0 Å². The highest BCUT2D eigenvalue weighted by atomic mass is 14.9. The van der Waals surface area contributed by atoms with E-state index < -0.39 is 5.41 Å². The Morgan fingerprint density at radius 1 is 0.305 bits per heavy atom. The van der Waals surface area contributed by atoms with Crippen molar-refractivity contribution in [3.63, 3.8) is 0 Å². The predicted molar refractivity (Wildman–Crippen MR) is 243 cm³/mol. The summed E-state index contributed by atoms with van der Waals surface area (Å²) in [4.78, 5) is 11.1. The van der Waals surface area contributed by atoms with E-state index in [0.717, 1.165) is 50.3 Å². The van der Waals surface area contributed by atoms with Gasteiger partial charge < -0.3 is 0 Å². The molecule has 0 atom stereocenters. The number of aromatic nitrogens is 2. The normalized spacial score (nSPS) is 12.9. The number of hydrogen-bond acceptors (Lipinski definition) is 2. The van der Waals surface area contributed by atoms with Gasteiger partial charge in [-0.2, -0.15) is 0 Å². The van der Waals surface area contributed by atoms with Gasteiger partial charge in [-0.05, 0) is 108 Å². The van der Waals surface area contributed by atoms with Gasteiger partial charge in [-0.15, -0.1) is 0 Å². The minimum absolute atomic E-state index is 0.511. The van der Waals surface area contributed by atoms with Gasteiger partial charge >= 0.3 is 0 Å². The molecule has 10 aromatic rings. The van der Waals surface area contributed by atoms with Gasteiger partial charge in [-0.1, -0.05) is 188 Å². The van der Waals surface area contributed by atoms with Gasteiger partial charge in [0.1, 0.15) is 0 Å². The Kier molecular flexibility index (Phi) is 7.48. The molecule has 0 bridgehead atoms. The molecule has 274 valence electrons. The fraction of sp³-hybridized carbons (Fsp3) is 0.0175. The van der Waals surface area contributed by atoms with Crippen molar-refractivity contribution in [2.24, 2.45) is 0 Å². The standard InChI is InChI=1S/C57H36N2/c1-4-18-37(19-5-1)41-32-42(38-20-6-2-7-21-38)34-43(33-41)53-36-52(39-22-8-3-9-23-39)58-56(59-53)48-35-40-24-10-11-25-44(40)55-54(48)47-28-14-17-31-51(47)57(55)49-29-15-12-26-45(49)46-27-13-16-30-50(46)57/h1-36H. The smallest absolute Gasteiger partial charge is 0.161 e. The molecule has 2 heteroatoms. The molecule has 0 unspecified atom stereocenters. The van der Waals surface area contributed by atoms with Crippen LogP contribution in [0.4, 0.5) is 0 Å². The van der Waals surface area contributed by atoms with E-state index in [1.54, 1.807) is 0 Å². The Morgan fingerprint density at radius 2 is 0.746 bits per heavy atom. The van der Waals surface area contributed by atoms with E-state index in [0.29, 0.717) is 5.82 Å². The number of rotatable bonds is 5. The lowest BCUT2D eigenvalue weighted by molar-refractivity contribution is 0.801.